The zero-order chi connectivity index (χ0) is 21.8. The Balaban J connectivity index is 1.49. The topological polar surface area (TPSA) is 51.1 Å². The highest BCUT2D eigenvalue weighted by Crippen LogP contribution is 2.26. The summed E-state index contributed by atoms with van der Waals surface area (Å²) in [7, 11) is 1.63. The quantitative estimate of drug-likeness (QED) is 0.428. The first-order valence-electron chi connectivity index (χ1n) is 9.67. The van der Waals surface area contributed by atoms with Crippen LogP contribution in [-0.4, -0.2) is 36.3 Å². The molecule has 1 atom stereocenters. The molecule has 2 aromatic carbocycles. The SMILES string of the molecule is COc1cccc(CN(CC2CC(c3ccc(Cl)c(Cl)c3)=NO2)C(=O)c2cccs2)c1. The second-order valence-corrected chi connectivity index (χ2v) is 8.88. The van der Waals surface area contributed by atoms with Crippen molar-refractivity contribution in [3.8, 4) is 5.75 Å². The molecule has 1 unspecified atom stereocenters. The Morgan fingerprint density at radius 3 is 2.81 bits per heavy atom. The van der Waals surface area contributed by atoms with Gasteiger partial charge in [-0.2, -0.15) is 0 Å². The number of benzene rings is 2. The lowest BCUT2D eigenvalue weighted by Crippen LogP contribution is -2.37. The van der Waals surface area contributed by atoms with Gasteiger partial charge in [0.2, 0.25) is 0 Å². The van der Waals surface area contributed by atoms with Crippen LogP contribution in [0.25, 0.3) is 0 Å². The van der Waals surface area contributed by atoms with Crippen molar-refractivity contribution in [3.05, 3.63) is 86.0 Å². The van der Waals surface area contributed by atoms with E-state index in [1.807, 2.05) is 47.8 Å². The summed E-state index contributed by atoms with van der Waals surface area (Å²) in [6, 6.07) is 16.8. The fraction of sp³-hybridized carbons (Fsp3) is 0.217. The van der Waals surface area contributed by atoms with Gasteiger partial charge in [-0.25, -0.2) is 0 Å². The van der Waals surface area contributed by atoms with Crippen LogP contribution in [0.15, 0.2) is 65.1 Å². The number of carbonyl (C=O) groups excluding carboxylic acids is 1. The minimum Gasteiger partial charge on any atom is -0.497 e. The van der Waals surface area contributed by atoms with Crippen molar-refractivity contribution in [1.29, 1.82) is 0 Å². The highest BCUT2D eigenvalue weighted by Gasteiger charge is 2.28. The predicted molar refractivity (Wildman–Crippen MR) is 125 cm³/mol. The van der Waals surface area contributed by atoms with E-state index in [9.17, 15) is 4.79 Å². The number of methoxy groups -OCH3 is 1. The van der Waals surface area contributed by atoms with E-state index in [1.165, 1.54) is 11.3 Å². The summed E-state index contributed by atoms with van der Waals surface area (Å²) in [5, 5.41) is 7.09. The van der Waals surface area contributed by atoms with Crippen LogP contribution in [0, 0.1) is 0 Å². The molecule has 0 spiro atoms. The Kier molecular flexibility index (Phi) is 6.80. The van der Waals surface area contributed by atoms with Crippen molar-refractivity contribution >= 4 is 46.2 Å². The Labute approximate surface area is 194 Å². The Bertz CT molecular complexity index is 1100. The summed E-state index contributed by atoms with van der Waals surface area (Å²) in [6.07, 6.45) is 0.323. The molecule has 160 valence electrons. The Morgan fingerprint density at radius 1 is 1.19 bits per heavy atom. The van der Waals surface area contributed by atoms with Gasteiger partial charge in [-0.05, 0) is 41.3 Å². The van der Waals surface area contributed by atoms with E-state index in [0.717, 1.165) is 22.6 Å². The second kappa shape index (κ2) is 9.73. The van der Waals surface area contributed by atoms with Gasteiger partial charge in [-0.3, -0.25) is 4.79 Å². The van der Waals surface area contributed by atoms with Crippen LogP contribution in [0.3, 0.4) is 0 Å². The van der Waals surface area contributed by atoms with Gasteiger partial charge in [-0.15, -0.1) is 11.3 Å². The van der Waals surface area contributed by atoms with Crippen molar-refractivity contribution < 1.29 is 14.4 Å². The summed E-state index contributed by atoms with van der Waals surface area (Å²) in [4.78, 5) is 21.3. The third-order valence-corrected chi connectivity index (χ3v) is 6.53. The molecular weight excluding hydrogens is 455 g/mol. The molecule has 0 saturated heterocycles. The second-order valence-electron chi connectivity index (χ2n) is 7.11. The zero-order valence-corrected chi connectivity index (χ0v) is 19.1. The highest BCUT2D eigenvalue weighted by atomic mass is 35.5. The molecule has 1 aliphatic rings. The van der Waals surface area contributed by atoms with Gasteiger partial charge in [0.15, 0.2) is 6.10 Å². The molecule has 0 bridgehead atoms. The van der Waals surface area contributed by atoms with Gasteiger partial charge in [0, 0.05) is 18.5 Å². The minimum atomic E-state index is -0.251. The molecule has 1 aromatic heterocycles. The first-order chi connectivity index (χ1) is 15.0. The summed E-state index contributed by atoms with van der Waals surface area (Å²) < 4.78 is 5.32. The lowest BCUT2D eigenvalue weighted by molar-refractivity contribution is 0.0408. The summed E-state index contributed by atoms with van der Waals surface area (Å²) >= 11 is 13.6. The number of halogens is 2. The molecule has 0 fully saturated rings. The molecular formula is C23H20Cl2N2O3S. The molecule has 31 heavy (non-hydrogen) atoms. The number of thiophene rings is 1. The lowest BCUT2D eigenvalue weighted by Gasteiger charge is -2.24. The average molecular weight is 475 g/mol. The van der Waals surface area contributed by atoms with Crippen LogP contribution in [0.5, 0.6) is 5.75 Å². The standard InChI is InChI=1S/C23H20Cl2N2O3S/c1-29-17-5-2-4-15(10-17)13-27(23(28)22-6-3-9-31-22)14-18-12-21(26-30-18)16-7-8-19(24)20(25)11-16/h2-11,18H,12-14H2,1H3. The third kappa shape index (κ3) is 5.21. The van der Waals surface area contributed by atoms with E-state index in [2.05, 4.69) is 5.16 Å². The molecule has 3 aromatic rings. The largest absolute Gasteiger partial charge is 0.497 e. The molecule has 0 aliphatic carbocycles. The molecule has 4 rings (SSSR count). The van der Waals surface area contributed by atoms with Crippen LogP contribution < -0.4 is 4.74 Å². The normalized spacial score (nSPS) is 15.3. The third-order valence-electron chi connectivity index (χ3n) is 4.94. The van der Waals surface area contributed by atoms with E-state index >= 15 is 0 Å². The lowest BCUT2D eigenvalue weighted by atomic mass is 10.0. The van der Waals surface area contributed by atoms with Gasteiger partial charge >= 0.3 is 0 Å². The van der Waals surface area contributed by atoms with Gasteiger partial charge in [0.25, 0.3) is 5.91 Å². The van der Waals surface area contributed by atoms with E-state index in [4.69, 9.17) is 32.8 Å². The number of ether oxygens (including phenoxy) is 1. The maximum atomic E-state index is 13.2. The fourth-order valence-electron chi connectivity index (χ4n) is 3.38. The van der Waals surface area contributed by atoms with Crippen molar-refractivity contribution in [1.82, 2.24) is 4.90 Å². The number of oxime groups is 1. The average Bonchev–Trinajstić information content (AvgIpc) is 3.47. The summed E-state index contributed by atoms with van der Waals surface area (Å²) in [5.74, 6) is 0.716. The number of nitrogens with zero attached hydrogens (tertiary/aromatic N) is 2. The fourth-order valence-corrected chi connectivity index (χ4v) is 4.37. The van der Waals surface area contributed by atoms with Crippen molar-refractivity contribution in [2.75, 3.05) is 13.7 Å². The van der Waals surface area contributed by atoms with Crippen LogP contribution in [-0.2, 0) is 11.4 Å². The smallest absolute Gasteiger partial charge is 0.264 e. The molecule has 1 aliphatic heterocycles. The predicted octanol–water partition coefficient (Wildman–Crippen LogP) is 5.90. The van der Waals surface area contributed by atoms with Gasteiger partial charge in [-0.1, -0.05) is 52.6 Å². The monoisotopic (exact) mass is 474 g/mol. The van der Waals surface area contributed by atoms with Crippen LogP contribution in [0.4, 0.5) is 0 Å². The van der Waals surface area contributed by atoms with Crippen LogP contribution in [0.2, 0.25) is 10.0 Å². The van der Waals surface area contributed by atoms with Crippen LogP contribution in [0.1, 0.15) is 27.2 Å². The molecule has 1 amide bonds. The first kappa shape index (κ1) is 21.7. The van der Waals surface area contributed by atoms with Gasteiger partial charge in [0.1, 0.15) is 5.75 Å². The maximum Gasteiger partial charge on any atom is 0.264 e. The van der Waals surface area contributed by atoms with E-state index in [1.54, 1.807) is 24.1 Å². The Morgan fingerprint density at radius 2 is 2.06 bits per heavy atom. The van der Waals surface area contributed by atoms with Crippen molar-refractivity contribution in [3.63, 3.8) is 0 Å². The van der Waals surface area contributed by atoms with Gasteiger partial charge < -0.3 is 14.5 Å². The minimum absolute atomic E-state index is 0.0376. The molecule has 5 nitrogen and oxygen atoms in total. The van der Waals surface area contributed by atoms with E-state index in [0.29, 0.717) is 34.4 Å². The number of rotatable bonds is 7. The number of hydrogen-bond acceptors (Lipinski definition) is 5. The number of hydrogen-bond donors (Lipinski definition) is 0. The summed E-state index contributed by atoms with van der Waals surface area (Å²) in [5.41, 5.74) is 2.63. The molecule has 0 N–H and O–H groups in total. The molecule has 0 radical (unpaired) electrons. The first-order valence-corrected chi connectivity index (χ1v) is 11.3. The summed E-state index contributed by atoms with van der Waals surface area (Å²) in [6.45, 7) is 0.845. The molecule has 8 heteroatoms. The van der Waals surface area contributed by atoms with Gasteiger partial charge in [0.05, 0.1) is 34.3 Å². The van der Waals surface area contributed by atoms with E-state index in [-0.39, 0.29) is 12.0 Å². The highest BCUT2D eigenvalue weighted by molar-refractivity contribution is 7.12. The molecule has 0 saturated carbocycles. The number of amides is 1. The maximum absolute atomic E-state index is 13.2. The molecule has 2 heterocycles. The Hall–Kier alpha value is -2.54. The van der Waals surface area contributed by atoms with Crippen molar-refractivity contribution in [2.24, 2.45) is 5.16 Å². The van der Waals surface area contributed by atoms with Crippen molar-refractivity contribution in [2.45, 2.75) is 19.1 Å². The zero-order valence-electron chi connectivity index (χ0n) is 16.8. The number of carbonyl (C=O) groups is 1. The van der Waals surface area contributed by atoms with Crippen LogP contribution >= 0.6 is 34.5 Å². The van der Waals surface area contributed by atoms with E-state index < -0.39 is 0 Å².